The maximum Gasteiger partial charge on any atom is 0.222 e. The van der Waals surface area contributed by atoms with Crippen molar-refractivity contribution in [3.8, 4) is 0 Å². The molecule has 1 heterocycles. The molecule has 0 aromatic rings. The monoisotopic (exact) mass is 214 g/mol. The van der Waals surface area contributed by atoms with Crippen LogP contribution in [0.4, 0.5) is 0 Å². The molecule has 4 heteroatoms. The van der Waals surface area contributed by atoms with E-state index in [0.717, 1.165) is 19.4 Å². The van der Waals surface area contributed by atoms with Gasteiger partial charge in [-0.05, 0) is 26.7 Å². The summed E-state index contributed by atoms with van der Waals surface area (Å²) in [5.41, 5.74) is 0. The topological polar surface area (TPSA) is 50.4 Å². The summed E-state index contributed by atoms with van der Waals surface area (Å²) < 4.78 is 5.62. The van der Waals surface area contributed by atoms with E-state index < -0.39 is 0 Å². The van der Waals surface area contributed by atoms with Crippen LogP contribution in [0.3, 0.4) is 0 Å². The minimum Gasteiger partial charge on any atom is -0.376 e. The predicted molar refractivity (Wildman–Crippen MR) is 59.7 cm³/mol. The van der Waals surface area contributed by atoms with E-state index >= 15 is 0 Å². The first kappa shape index (κ1) is 12.5. The summed E-state index contributed by atoms with van der Waals surface area (Å²) in [7, 11) is 0. The second kappa shape index (κ2) is 6.80. The zero-order valence-corrected chi connectivity index (χ0v) is 9.71. The van der Waals surface area contributed by atoms with Crippen molar-refractivity contribution < 1.29 is 9.53 Å². The molecule has 0 spiro atoms. The van der Waals surface area contributed by atoms with Gasteiger partial charge in [0.25, 0.3) is 0 Å². The van der Waals surface area contributed by atoms with Crippen LogP contribution in [0.5, 0.6) is 0 Å². The Morgan fingerprint density at radius 2 is 2.33 bits per heavy atom. The first-order chi connectivity index (χ1) is 7.22. The van der Waals surface area contributed by atoms with Gasteiger partial charge in [0.2, 0.25) is 5.91 Å². The molecule has 0 radical (unpaired) electrons. The molecule has 1 amide bonds. The summed E-state index contributed by atoms with van der Waals surface area (Å²) in [4.78, 5) is 11.1. The number of ether oxygens (including phenoxy) is 1. The molecule has 2 N–H and O–H groups in total. The van der Waals surface area contributed by atoms with E-state index in [1.54, 1.807) is 0 Å². The smallest absolute Gasteiger partial charge is 0.222 e. The minimum absolute atomic E-state index is 0.0784. The second-order valence-corrected chi connectivity index (χ2v) is 4.08. The van der Waals surface area contributed by atoms with Crippen LogP contribution in [0, 0.1) is 0 Å². The van der Waals surface area contributed by atoms with Crippen LogP contribution in [0.1, 0.15) is 33.1 Å². The fourth-order valence-electron chi connectivity index (χ4n) is 1.72. The highest BCUT2D eigenvalue weighted by Crippen LogP contribution is 2.10. The van der Waals surface area contributed by atoms with Gasteiger partial charge in [-0.15, -0.1) is 0 Å². The van der Waals surface area contributed by atoms with Gasteiger partial charge in [-0.1, -0.05) is 0 Å². The van der Waals surface area contributed by atoms with Crippen molar-refractivity contribution in [1.82, 2.24) is 10.6 Å². The van der Waals surface area contributed by atoms with Gasteiger partial charge in [0.05, 0.1) is 12.7 Å². The Bertz CT molecular complexity index is 189. The Balaban J connectivity index is 2.02. The standard InChI is InChI=1S/C11H22N2O2/c1-3-12-11(14)6-7-15-10-5-4-9(2)13-8-10/h9-10,13H,3-8H2,1-2H3,(H,12,14). The van der Waals surface area contributed by atoms with E-state index in [1.165, 1.54) is 0 Å². The van der Waals surface area contributed by atoms with Crippen LogP contribution in [0.2, 0.25) is 0 Å². The lowest BCUT2D eigenvalue weighted by molar-refractivity contribution is -0.122. The molecular weight excluding hydrogens is 192 g/mol. The lowest BCUT2D eigenvalue weighted by Gasteiger charge is -2.27. The van der Waals surface area contributed by atoms with Gasteiger partial charge in [-0.25, -0.2) is 0 Å². The van der Waals surface area contributed by atoms with Gasteiger partial charge < -0.3 is 15.4 Å². The Labute approximate surface area is 91.8 Å². The molecule has 88 valence electrons. The van der Waals surface area contributed by atoms with Gasteiger partial charge in [0.15, 0.2) is 0 Å². The molecule has 4 nitrogen and oxygen atoms in total. The Kier molecular flexibility index (Phi) is 5.65. The largest absolute Gasteiger partial charge is 0.376 e. The van der Waals surface area contributed by atoms with E-state index in [9.17, 15) is 4.79 Å². The summed E-state index contributed by atoms with van der Waals surface area (Å²) in [6, 6.07) is 0.605. The first-order valence-electron chi connectivity index (χ1n) is 5.84. The number of carbonyl (C=O) groups excluding carboxylic acids is 1. The van der Waals surface area contributed by atoms with Gasteiger partial charge in [-0.2, -0.15) is 0 Å². The number of hydrogen-bond donors (Lipinski definition) is 2. The van der Waals surface area contributed by atoms with Crippen LogP contribution < -0.4 is 10.6 Å². The Hall–Kier alpha value is -0.610. The molecule has 1 fully saturated rings. The summed E-state index contributed by atoms with van der Waals surface area (Å²) >= 11 is 0. The third-order valence-electron chi connectivity index (χ3n) is 2.67. The van der Waals surface area contributed by atoms with Crippen molar-refractivity contribution in [2.75, 3.05) is 19.7 Å². The van der Waals surface area contributed by atoms with E-state index in [4.69, 9.17) is 4.74 Å². The predicted octanol–water partition coefficient (Wildman–Crippen LogP) is 0.670. The number of nitrogens with one attached hydrogen (secondary N) is 2. The average molecular weight is 214 g/mol. The van der Waals surface area contributed by atoms with Crippen molar-refractivity contribution in [3.63, 3.8) is 0 Å². The quantitative estimate of drug-likeness (QED) is 0.707. The van der Waals surface area contributed by atoms with E-state index in [-0.39, 0.29) is 12.0 Å². The van der Waals surface area contributed by atoms with Gasteiger partial charge in [-0.3, -0.25) is 4.79 Å². The third-order valence-corrected chi connectivity index (χ3v) is 2.67. The number of amides is 1. The highest BCUT2D eigenvalue weighted by atomic mass is 16.5. The fraction of sp³-hybridized carbons (Fsp3) is 0.909. The number of rotatable bonds is 5. The zero-order valence-electron chi connectivity index (χ0n) is 9.71. The van der Waals surface area contributed by atoms with Crippen molar-refractivity contribution in [2.45, 2.75) is 45.3 Å². The maximum absolute atomic E-state index is 11.1. The van der Waals surface area contributed by atoms with Crippen molar-refractivity contribution >= 4 is 5.91 Å². The summed E-state index contributed by atoms with van der Waals surface area (Å²) in [6.07, 6.45) is 3.02. The average Bonchev–Trinajstić information content (AvgIpc) is 2.21. The SMILES string of the molecule is CCNC(=O)CCOC1CCC(C)NC1. The summed E-state index contributed by atoms with van der Waals surface area (Å²) in [5.74, 6) is 0.0784. The molecule has 1 aliphatic rings. The first-order valence-corrected chi connectivity index (χ1v) is 5.84. The minimum atomic E-state index is 0.0784. The van der Waals surface area contributed by atoms with Gasteiger partial charge in [0, 0.05) is 25.6 Å². The number of piperidine rings is 1. The molecule has 15 heavy (non-hydrogen) atoms. The molecule has 1 aliphatic heterocycles. The Morgan fingerprint density at radius 3 is 2.93 bits per heavy atom. The molecule has 0 aliphatic carbocycles. The van der Waals surface area contributed by atoms with Crippen molar-refractivity contribution in [3.05, 3.63) is 0 Å². The van der Waals surface area contributed by atoms with Crippen LogP contribution >= 0.6 is 0 Å². The number of carbonyl (C=O) groups is 1. The molecule has 2 atom stereocenters. The molecule has 0 aromatic carbocycles. The Morgan fingerprint density at radius 1 is 1.53 bits per heavy atom. The second-order valence-electron chi connectivity index (χ2n) is 4.08. The molecule has 1 rings (SSSR count). The molecule has 0 saturated carbocycles. The van der Waals surface area contributed by atoms with E-state index in [1.807, 2.05) is 6.92 Å². The fourth-order valence-corrected chi connectivity index (χ4v) is 1.72. The normalized spacial score (nSPS) is 26.3. The lowest BCUT2D eigenvalue weighted by Crippen LogP contribution is -2.41. The summed E-state index contributed by atoms with van der Waals surface area (Å²) in [6.45, 7) is 6.25. The molecule has 0 aromatic heterocycles. The maximum atomic E-state index is 11.1. The third kappa shape index (κ3) is 5.14. The van der Waals surface area contributed by atoms with Crippen molar-refractivity contribution in [2.24, 2.45) is 0 Å². The van der Waals surface area contributed by atoms with Crippen LogP contribution in [-0.2, 0) is 9.53 Å². The van der Waals surface area contributed by atoms with Crippen molar-refractivity contribution in [1.29, 1.82) is 0 Å². The molecule has 2 unspecified atom stereocenters. The van der Waals surface area contributed by atoms with Crippen LogP contribution in [-0.4, -0.2) is 37.7 Å². The van der Waals surface area contributed by atoms with Crippen LogP contribution in [0.25, 0.3) is 0 Å². The lowest BCUT2D eigenvalue weighted by atomic mass is 10.0. The van der Waals surface area contributed by atoms with E-state index in [0.29, 0.717) is 25.6 Å². The van der Waals surface area contributed by atoms with Gasteiger partial charge in [0.1, 0.15) is 0 Å². The highest BCUT2D eigenvalue weighted by molar-refractivity contribution is 5.75. The van der Waals surface area contributed by atoms with E-state index in [2.05, 4.69) is 17.6 Å². The molecule has 0 bridgehead atoms. The molecule has 1 saturated heterocycles. The van der Waals surface area contributed by atoms with Crippen LogP contribution in [0.15, 0.2) is 0 Å². The van der Waals surface area contributed by atoms with Gasteiger partial charge >= 0.3 is 0 Å². The number of hydrogen-bond acceptors (Lipinski definition) is 3. The zero-order chi connectivity index (χ0) is 11.1. The molecular formula is C11H22N2O2. The summed E-state index contributed by atoms with van der Waals surface area (Å²) in [5, 5.41) is 6.13. The highest BCUT2D eigenvalue weighted by Gasteiger charge is 2.17.